The van der Waals surface area contributed by atoms with Crippen molar-refractivity contribution in [1.82, 2.24) is 0 Å². The average molecular weight is 312 g/mol. The van der Waals surface area contributed by atoms with E-state index in [0.29, 0.717) is 30.5 Å². The molecule has 0 unspecified atom stereocenters. The number of allylic oxidation sites excluding steroid dienone is 2. The Morgan fingerprint density at radius 1 is 0.952 bits per heavy atom. The Morgan fingerprint density at radius 3 is 2.00 bits per heavy atom. The van der Waals surface area contributed by atoms with Gasteiger partial charge in [0.05, 0.1) is 0 Å². The Hall–Kier alpha value is -1.29. The van der Waals surface area contributed by atoms with E-state index in [0.717, 1.165) is 0 Å². The standard InChI is InChI=1S/C15H21O5P/c1-12-13(2)19-21(18-12,16-10-15(3,4)11-17-21)20-14-8-6-5-7-9-14/h5-9H,10-11H2,1-4H3. The third-order valence-corrected chi connectivity index (χ3v) is 6.15. The quantitative estimate of drug-likeness (QED) is 0.749. The van der Waals surface area contributed by atoms with Crippen LogP contribution in [0, 0.1) is 5.41 Å². The van der Waals surface area contributed by atoms with E-state index >= 15 is 0 Å². The first-order valence-electron chi connectivity index (χ1n) is 6.97. The van der Waals surface area contributed by atoms with Gasteiger partial charge in [0.25, 0.3) is 0 Å². The molecular formula is C15H21O5P. The van der Waals surface area contributed by atoms with Crippen LogP contribution in [-0.2, 0) is 18.1 Å². The molecule has 1 aromatic rings. The SMILES string of the molecule is CC1=C(C)OP2(Oc3ccccc3)(OCC(C)(C)CO2)O1. The van der Waals surface area contributed by atoms with Crippen LogP contribution in [0.3, 0.4) is 0 Å². The zero-order chi connectivity index (χ0) is 15.2. The zero-order valence-electron chi connectivity index (χ0n) is 12.8. The molecule has 0 atom stereocenters. The number of benzene rings is 1. The molecule has 2 heterocycles. The van der Waals surface area contributed by atoms with Gasteiger partial charge in [0.2, 0.25) is 0 Å². The van der Waals surface area contributed by atoms with Crippen LogP contribution in [-0.4, -0.2) is 13.2 Å². The third kappa shape index (κ3) is 2.61. The minimum atomic E-state index is -4.09. The summed E-state index contributed by atoms with van der Waals surface area (Å²) in [6.07, 6.45) is 0. The number of para-hydroxylation sites is 1. The molecule has 3 rings (SSSR count). The molecule has 21 heavy (non-hydrogen) atoms. The molecule has 2 aliphatic heterocycles. The molecule has 2 aliphatic rings. The molecule has 116 valence electrons. The van der Waals surface area contributed by atoms with Crippen molar-refractivity contribution in [3.05, 3.63) is 41.9 Å². The summed E-state index contributed by atoms with van der Waals surface area (Å²) < 4.78 is 29.8. The van der Waals surface area contributed by atoms with Crippen molar-refractivity contribution in [2.24, 2.45) is 5.41 Å². The van der Waals surface area contributed by atoms with Gasteiger partial charge in [-0.3, -0.25) is 0 Å². The minimum absolute atomic E-state index is 0.111. The summed E-state index contributed by atoms with van der Waals surface area (Å²) in [6.45, 7) is 8.64. The first kappa shape index (κ1) is 14.6. The fourth-order valence-electron chi connectivity index (χ4n) is 2.08. The first-order valence-corrected chi connectivity index (χ1v) is 8.80. The predicted molar refractivity (Wildman–Crippen MR) is 80.2 cm³/mol. The summed E-state index contributed by atoms with van der Waals surface area (Å²) in [5, 5.41) is 0. The molecule has 0 aromatic heterocycles. The summed E-state index contributed by atoms with van der Waals surface area (Å²) in [5.41, 5.74) is -0.111. The van der Waals surface area contributed by atoms with Crippen molar-refractivity contribution >= 4 is 7.74 Å². The molecule has 1 spiro atoms. The number of hydrogen-bond donors (Lipinski definition) is 0. The van der Waals surface area contributed by atoms with Gasteiger partial charge in [0.15, 0.2) is 0 Å². The van der Waals surface area contributed by atoms with E-state index in [1.54, 1.807) is 0 Å². The van der Waals surface area contributed by atoms with Crippen LogP contribution in [0.15, 0.2) is 41.9 Å². The van der Waals surface area contributed by atoms with Crippen molar-refractivity contribution in [3.63, 3.8) is 0 Å². The second-order valence-electron chi connectivity index (χ2n) is 6.16. The average Bonchev–Trinajstić information content (AvgIpc) is 2.68. The van der Waals surface area contributed by atoms with Crippen LogP contribution in [0.2, 0.25) is 0 Å². The van der Waals surface area contributed by atoms with Crippen LogP contribution < -0.4 is 4.52 Å². The van der Waals surface area contributed by atoms with Gasteiger partial charge < -0.3 is 0 Å². The Kier molecular flexibility index (Phi) is 3.21. The summed E-state index contributed by atoms with van der Waals surface area (Å²) in [5.74, 6) is 1.85. The van der Waals surface area contributed by atoms with Gasteiger partial charge in [0.1, 0.15) is 0 Å². The van der Waals surface area contributed by atoms with Crippen molar-refractivity contribution < 1.29 is 22.6 Å². The fraction of sp³-hybridized carbons (Fsp3) is 0.467. The van der Waals surface area contributed by atoms with Crippen molar-refractivity contribution in [2.75, 3.05) is 13.2 Å². The second-order valence-corrected chi connectivity index (χ2v) is 8.71. The number of hydrogen-bond acceptors (Lipinski definition) is 5. The third-order valence-electron chi connectivity index (χ3n) is 3.40. The molecule has 0 radical (unpaired) electrons. The van der Waals surface area contributed by atoms with Crippen molar-refractivity contribution in [1.29, 1.82) is 0 Å². The molecule has 0 aliphatic carbocycles. The summed E-state index contributed by atoms with van der Waals surface area (Å²) in [7, 11) is -4.09. The molecule has 0 saturated carbocycles. The zero-order valence-corrected chi connectivity index (χ0v) is 13.7. The molecule has 0 N–H and O–H groups in total. The number of rotatable bonds is 2. The Morgan fingerprint density at radius 2 is 1.48 bits per heavy atom. The van der Waals surface area contributed by atoms with Gasteiger partial charge in [-0.25, -0.2) is 0 Å². The van der Waals surface area contributed by atoms with E-state index in [1.165, 1.54) is 0 Å². The molecule has 1 fully saturated rings. The van der Waals surface area contributed by atoms with Gasteiger partial charge in [-0.15, -0.1) is 0 Å². The van der Waals surface area contributed by atoms with E-state index in [9.17, 15) is 0 Å². The maximum atomic E-state index is 6.03. The molecule has 0 bridgehead atoms. The molecule has 1 aromatic carbocycles. The summed E-state index contributed by atoms with van der Waals surface area (Å²) in [4.78, 5) is 0. The first-order chi connectivity index (χ1) is 9.82. The summed E-state index contributed by atoms with van der Waals surface area (Å²) >= 11 is 0. The monoisotopic (exact) mass is 312 g/mol. The van der Waals surface area contributed by atoms with E-state index in [2.05, 4.69) is 13.8 Å². The Labute approximate surface area is 125 Å². The van der Waals surface area contributed by atoms with E-state index < -0.39 is 7.74 Å². The molecular weight excluding hydrogens is 291 g/mol. The van der Waals surface area contributed by atoms with E-state index in [1.807, 2.05) is 44.2 Å². The molecule has 0 amide bonds. The predicted octanol–water partition coefficient (Wildman–Crippen LogP) is 4.56. The van der Waals surface area contributed by atoms with Crippen molar-refractivity contribution in [2.45, 2.75) is 27.7 Å². The van der Waals surface area contributed by atoms with Gasteiger partial charge in [-0.05, 0) is 0 Å². The van der Waals surface area contributed by atoms with Gasteiger partial charge in [0, 0.05) is 0 Å². The normalized spacial score (nSPS) is 27.3. The van der Waals surface area contributed by atoms with Crippen LogP contribution >= 0.6 is 7.74 Å². The Bertz CT molecular complexity index is 553. The van der Waals surface area contributed by atoms with Gasteiger partial charge in [-0.2, -0.15) is 0 Å². The second kappa shape index (κ2) is 4.60. The molecule has 6 heteroatoms. The molecule has 1 saturated heterocycles. The van der Waals surface area contributed by atoms with E-state index in [4.69, 9.17) is 22.6 Å². The van der Waals surface area contributed by atoms with Crippen LogP contribution in [0.4, 0.5) is 0 Å². The summed E-state index contributed by atoms with van der Waals surface area (Å²) in [6, 6.07) is 9.31. The van der Waals surface area contributed by atoms with Crippen LogP contribution in [0.1, 0.15) is 27.7 Å². The van der Waals surface area contributed by atoms with Gasteiger partial charge >= 0.3 is 124 Å². The van der Waals surface area contributed by atoms with E-state index in [-0.39, 0.29) is 5.41 Å². The Balaban J connectivity index is 1.94. The molecule has 5 nitrogen and oxygen atoms in total. The van der Waals surface area contributed by atoms with Crippen LogP contribution in [0.5, 0.6) is 5.75 Å². The van der Waals surface area contributed by atoms with Crippen molar-refractivity contribution in [3.8, 4) is 5.75 Å². The topological polar surface area (TPSA) is 46.2 Å². The van der Waals surface area contributed by atoms with Gasteiger partial charge in [-0.1, -0.05) is 0 Å². The van der Waals surface area contributed by atoms with Crippen LogP contribution in [0.25, 0.3) is 0 Å². The fourth-order valence-corrected chi connectivity index (χ4v) is 5.32. The maximum absolute atomic E-state index is 6.03.